The van der Waals surface area contributed by atoms with Gasteiger partial charge in [0.2, 0.25) is 0 Å². The molecule has 2 N–H and O–H groups in total. The number of rotatable bonds is 6. The Kier molecular flexibility index (Phi) is 5.43. The number of nitrogens with one attached hydrogen (secondary N) is 2. The normalized spacial score (nSPS) is 11.5. The van der Waals surface area contributed by atoms with Crippen LogP contribution in [0.5, 0.6) is 5.75 Å². The van der Waals surface area contributed by atoms with Gasteiger partial charge in [0.1, 0.15) is 11.6 Å². The minimum Gasteiger partial charge on any atom is -0.495 e. The molecule has 1 aromatic carbocycles. The monoisotopic (exact) mass is 348 g/mol. The Morgan fingerprint density at radius 3 is 2.65 bits per heavy atom. The zero-order chi connectivity index (χ0) is 18.4. The Bertz CT molecular complexity index is 884. The van der Waals surface area contributed by atoms with E-state index in [1.165, 1.54) is 0 Å². The van der Waals surface area contributed by atoms with Crippen LogP contribution in [0.2, 0.25) is 0 Å². The number of carbonyl (C=O) groups excluding carboxylic acids is 1. The average Bonchev–Trinajstić information content (AvgIpc) is 2.69. The minimum atomic E-state index is -0.216. The Morgan fingerprint density at radius 1 is 1.08 bits per heavy atom. The van der Waals surface area contributed by atoms with E-state index in [1.54, 1.807) is 37.8 Å². The van der Waals surface area contributed by atoms with Gasteiger partial charge in [-0.05, 0) is 42.8 Å². The van der Waals surface area contributed by atoms with Gasteiger partial charge >= 0.3 is 0 Å². The van der Waals surface area contributed by atoms with Crippen LogP contribution in [-0.4, -0.2) is 23.0 Å². The Hall–Kier alpha value is -3.41. The first-order chi connectivity index (χ1) is 12.7. The van der Waals surface area contributed by atoms with Crippen molar-refractivity contribution in [3.05, 3.63) is 78.2 Å². The first kappa shape index (κ1) is 17.4. The van der Waals surface area contributed by atoms with Crippen molar-refractivity contribution in [1.82, 2.24) is 15.3 Å². The van der Waals surface area contributed by atoms with Crippen molar-refractivity contribution in [2.75, 3.05) is 12.4 Å². The van der Waals surface area contributed by atoms with Crippen LogP contribution in [0, 0.1) is 0 Å². The largest absolute Gasteiger partial charge is 0.495 e. The van der Waals surface area contributed by atoms with Crippen molar-refractivity contribution in [2.24, 2.45) is 0 Å². The second kappa shape index (κ2) is 8.11. The maximum atomic E-state index is 12.8. The van der Waals surface area contributed by atoms with Gasteiger partial charge < -0.3 is 15.4 Å². The summed E-state index contributed by atoms with van der Waals surface area (Å²) in [6.45, 7) is 1.92. The van der Waals surface area contributed by atoms with Gasteiger partial charge in [-0.25, -0.2) is 4.98 Å². The molecular formula is C20H20N4O2. The molecule has 0 fully saturated rings. The number of aromatic nitrogens is 2. The van der Waals surface area contributed by atoms with E-state index >= 15 is 0 Å². The molecule has 0 bridgehead atoms. The molecule has 0 aliphatic rings. The van der Waals surface area contributed by atoms with Crippen LogP contribution in [0.3, 0.4) is 0 Å². The molecule has 1 atom stereocenters. The third kappa shape index (κ3) is 3.97. The van der Waals surface area contributed by atoms with Gasteiger partial charge in [-0.15, -0.1) is 0 Å². The molecule has 0 saturated carbocycles. The summed E-state index contributed by atoms with van der Waals surface area (Å²) >= 11 is 0. The van der Waals surface area contributed by atoms with E-state index in [0.717, 1.165) is 11.3 Å². The van der Waals surface area contributed by atoms with E-state index in [0.29, 0.717) is 17.1 Å². The lowest BCUT2D eigenvalue weighted by Crippen LogP contribution is -2.27. The molecule has 2 aromatic heterocycles. The van der Waals surface area contributed by atoms with Crippen LogP contribution >= 0.6 is 0 Å². The molecule has 26 heavy (non-hydrogen) atoms. The maximum Gasteiger partial charge on any atom is 0.255 e. The van der Waals surface area contributed by atoms with Crippen LogP contribution in [-0.2, 0) is 0 Å². The van der Waals surface area contributed by atoms with Crippen molar-refractivity contribution < 1.29 is 9.53 Å². The van der Waals surface area contributed by atoms with Crippen molar-refractivity contribution in [2.45, 2.75) is 13.0 Å². The zero-order valence-corrected chi connectivity index (χ0v) is 14.6. The van der Waals surface area contributed by atoms with Gasteiger partial charge in [0.15, 0.2) is 0 Å². The molecule has 1 amide bonds. The Balaban J connectivity index is 1.81. The van der Waals surface area contributed by atoms with Crippen LogP contribution < -0.4 is 15.4 Å². The molecule has 3 rings (SSSR count). The molecule has 0 aliphatic heterocycles. The molecule has 132 valence electrons. The number of hydrogen-bond donors (Lipinski definition) is 2. The van der Waals surface area contributed by atoms with Crippen molar-refractivity contribution in [1.29, 1.82) is 0 Å². The number of methoxy groups -OCH3 is 1. The van der Waals surface area contributed by atoms with Gasteiger partial charge in [-0.2, -0.15) is 0 Å². The summed E-state index contributed by atoms with van der Waals surface area (Å²) in [6.07, 6.45) is 5.08. The van der Waals surface area contributed by atoms with E-state index in [2.05, 4.69) is 20.6 Å². The predicted molar refractivity (Wildman–Crippen MR) is 101 cm³/mol. The SMILES string of the molecule is COc1ccccc1Nc1ncccc1C(=O)NC(C)c1cccnc1. The number of ether oxygens (including phenoxy) is 1. The first-order valence-electron chi connectivity index (χ1n) is 8.25. The predicted octanol–water partition coefficient (Wildman–Crippen LogP) is 3.72. The lowest BCUT2D eigenvalue weighted by atomic mass is 10.1. The van der Waals surface area contributed by atoms with E-state index < -0.39 is 0 Å². The summed E-state index contributed by atoms with van der Waals surface area (Å²) in [7, 11) is 1.60. The fourth-order valence-electron chi connectivity index (χ4n) is 2.55. The lowest BCUT2D eigenvalue weighted by Gasteiger charge is -2.16. The van der Waals surface area contributed by atoms with Crippen LogP contribution in [0.25, 0.3) is 0 Å². The molecule has 0 aliphatic carbocycles. The second-order valence-corrected chi connectivity index (χ2v) is 5.71. The number of benzene rings is 1. The van der Waals surface area contributed by atoms with E-state index in [-0.39, 0.29) is 11.9 Å². The van der Waals surface area contributed by atoms with Crippen molar-refractivity contribution in [3.8, 4) is 5.75 Å². The summed E-state index contributed by atoms with van der Waals surface area (Å²) < 4.78 is 5.34. The third-order valence-electron chi connectivity index (χ3n) is 3.94. The van der Waals surface area contributed by atoms with Gasteiger partial charge in [-0.3, -0.25) is 9.78 Å². The summed E-state index contributed by atoms with van der Waals surface area (Å²) in [6, 6.07) is 14.5. The van der Waals surface area contributed by atoms with Gasteiger partial charge in [0.25, 0.3) is 5.91 Å². The number of para-hydroxylation sites is 2. The highest BCUT2D eigenvalue weighted by Crippen LogP contribution is 2.27. The fraction of sp³-hybridized carbons (Fsp3) is 0.150. The van der Waals surface area contributed by atoms with E-state index in [9.17, 15) is 4.79 Å². The topological polar surface area (TPSA) is 76.1 Å². The fourth-order valence-corrected chi connectivity index (χ4v) is 2.55. The van der Waals surface area contributed by atoms with Gasteiger partial charge in [-0.1, -0.05) is 18.2 Å². The number of anilines is 2. The molecule has 6 nitrogen and oxygen atoms in total. The highest BCUT2D eigenvalue weighted by atomic mass is 16.5. The van der Waals surface area contributed by atoms with Crippen LogP contribution in [0.4, 0.5) is 11.5 Å². The average molecular weight is 348 g/mol. The summed E-state index contributed by atoms with van der Waals surface area (Å²) in [5.41, 5.74) is 2.13. The molecule has 0 saturated heterocycles. The Morgan fingerprint density at radius 2 is 1.88 bits per heavy atom. The minimum absolute atomic E-state index is 0.171. The smallest absolute Gasteiger partial charge is 0.255 e. The standard InChI is InChI=1S/C20H20N4O2/c1-14(15-7-5-11-21-13-15)23-20(25)16-8-6-12-22-19(16)24-17-9-3-4-10-18(17)26-2/h3-14H,1-2H3,(H,22,24)(H,23,25). The molecule has 2 heterocycles. The second-order valence-electron chi connectivity index (χ2n) is 5.71. The summed E-state index contributed by atoms with van der Waals surface area (Å²) in [5.74, 6) is 0.924. The zero-order valence-electron chi connectivity index (χ0n) is 14.6. The van der Waals surface area contributed by atoms with Gasteiger partial charge in [0, 0.05) is 18.6 Å². The number of hydrogen-bond acceptors (Lipinski definition) is 5. The number of carbonyl (C=O) groups is 1. The van der Waals surface area contributed by atoms with Crippen LogP contribution in [0.15, 0.2) is 67.1 Å². The summed E-state index contributed by atoms with van der Waals surface area (Å²) in [5, 5.41) is 6.15. The number of amides is 1. The number of pyridine rings is 2. The number of nitrogens with zero attached hydrogens (tertiary/aromatic N) is 2. The lowest BCUT2D eigenvalue weighted by molar-refractivity contribution is 0.0940. The molecular weight excluding hydrogens is 328 g/mol. The third-order valence-corrected chi connectivity index (χ3v) is 3.94. The molecule has 6 heteroatoms. The van der Waals surface area contributed by atoms with E-state index in [4.69, 9.17) is 4.74 Å². The quantitative estimate of drug-likeness (QED) is 0.710. The van der Waals surface area contributed by atoms with Crippen LogP contribution in [0.1, 0.15) is 28.9 Å². The molecule has 0 radical (unpaired) electrons. The first-order valence-corrected chi connectivity index (χ1v) is 8.25. The Labute approximate surface area is 152 Å². The molecule has 0 spiro atoms. The highest BCUT2D eigenvalue weighted by molar-refractivity contribution is 5.99. The molecule has 3 aromatic rings. The van der Waals surface area contributed by atoms with Crippen molar-refractivity contribution >= 4 is 17.4 Å². The van der Waals surface area contributed by atoms with Gasteiger partial charge in [0.05, 0.1) is 24.4 Å². The van der Waals surface area contributed by atoms with Crippen molar-refractivity contribution in [3.63, 3.8) is 0 Å². The summed E-state index contributed by atoms with van der Waals surface area (Å²) in [4.78, 5) is 21.2. The maximum absolute atomic E-state index is 12.8. The molecule has 1 unspecified atom stereocenters. The van der Waals surface area contributed by atoms with E-state index in [1.807, 2.05) is 43.3 Å². The highest BCUT2D eigenvalue weighted by Gasteiger charge is 2.16.